The van der Waals surface area contributed by atoms with Crippen LogP contribution in [0.5, 0.6) is 0 Å². The monoisotopic (exact) mass is 286 g/mol. The Bertz CT molecular complexity index is 668. The van der Waals surface area contributed by atoms with Crippen LogP contribution >= 0.6 is 0 Å². The summed E-state index contributed by atoms with van der Waals surface area (Å²) >= 11 is 0. The third-order valence-corrected chi connectivity index (χ3v) is 3.42. The molecule has 0 atom stereocenters. The molecular weight excluding hydrogens is 264 g/mol. The van der Waals surface area contributed by atoms with Gasteiger partial charge in [-0.1, -0.05) is 12.1 Å². The average Bonchev–Trinajstić information content (AvgIpc) is 2.45. The second kappa shape index (κ2) is 5.69. The molecule has 0 spiro atoms. The Morgan fingerprint density at radius 3 is 2.38 bits per heavy atom. The molecule has 1 heterocycles. The van der Waals surface area contributed by atoms with Gasteiger partial charge in [0.1, 0.15) is 0 Å². The van der Waals surface area contributed by atoms with Crippen molar-refractivity contribution in [2.24, 2.45) is 5.73 Å². The highest BCUT2D eigenvalue weighted by molar-refractivity contribution is 5.58. The maximum atomic E-state index is 12.6. The zero-order chi connectivity index (χ0) is 15.6. The topological polar surface area (TPSA) is 64.2 Å². The van der Waals surface area contributed by atoms with Gasteiger partial charge in [0.05, 0.1) is 0 Å². The molecule has 0 fully saturated rings. The van der Waals surface area contributed by atoms with E-state index in [0.29, 0.717) is 12.4 Å². The van der Waals surface area contributed by atoms with Crippen molar-refractivity contribution >= 4 is 11.5 Å². The lowest BCUT2D eigenvalue weighted by molar-refractivity contribution is 0.383. The molecule has 2 N–H and O–H groups in total. The van der Waals surface area contributed by atoms with Crippen LogP contribution in [0.3, 0.4) is 0 Å². The van der Waals surface area contributed by atoms with Crippen molar-refractivity contribution in [2.75, 3.05) is 11.9 Å². The first kappa shape index (κ1) is 15.3. The fourth-order valence-electron chi connectivity index (χ4n) is 2.14. The predicted octanol–water partition coefficient (Wildman–Crippen LogP) is 2.22. The molecule has 0 radical (unpaired) electrons. The van der Waals surface area contributed by atoms with Crippen LogP contribution in [-0.2, 0) is 12.1 Å². The van der Waals surface area contributed by atoms with Crippen molar-refractivity contribution in [1.29, 1.82) is 0 Å². The molecule has 0 unspecified atom stereocenters. The first-order valence-electron chi connectivity index (χ1n) is 6.95. The third-order valence-electron chi connectivity index (χ3n) is 3.42. The molecule has 0 bridgehead atoms. The van der Waals surface area contributed by atoms with Crippen LogP contribution in [0.15, 0.2) is 41.5 Å². The van der Waals surface area contributed by atoms with Crippen LogP contribution in [0.1, 0.15) is 26.3 Å². The molecule has 5 nitrogen and oxygen atoms in total. The molecule has 5 heteroatoms. The standard InChI is InChI=1S/C16H22N4O/c1-16(2,3)20-10-9-18-14(15(20)21)19(4)13-7-5-12(11-17)6-8-13/h5-10H,11,17H2,1-4H3. The minimum Gasteiger partial charge on any atom is -0.326 e. The molecule has 0 saturated carbocycles. The lowest BCUT2D eigenvalue weighted by Gasteiger charge is -2.25. The molecule has 0 amide bonds. The normalized spacial score (nSPS) is 11.5. The van der Waals surface area contributed by atoms with Crippen LogP contribution in [-0.4, -0.2) is 16.6 Å². The van der Waals surface area contributed by atoms with E-state index in [1.54, 1.807) is 21.9 Å². The predicted molar refractivity (Wildman–Crippen MR) is 85.9 cm³/mol. The van der Waals surface area contributed by atoms with Gasteiger partial charge in [-0.2, -0.15) is 0 Å². The Hall–Kier alpha value is -2.14. The molecule has 1 aromatic heterocycles. The highest BCUT2D eigenvalue weighted by atomic mass is 16.1. The van der Waals surface area contributed by atoms with Crippen LogP contribution < -0.4 is 16.2 Å². The Kier molecular flexibility index (Phi) is 4.14. The van der Waals surface area contributed by atoms with Crippen LogP contribution in [0.4, 0.5) is 11.5 Å². The quantitative estimate of drug-likeness (QED) is 0.939. The maximum Gasteiger partial charge on any atom is 0.294 e. The summed E-state index contributed by atoms with van der Waals surface area (Å²) in [6, 6.07) is 7.80. The van der Waals surface area contributed by atoms with E-state index in [1.165, 1.54) is 0 Å². The van der Waals surface area contributed by atoms with Gasteiger partial charge in [-0.05, 0) is 38.5 Å². The molecule has 0 saturated heterocycles. The summed E-state index contributed by atoms with van der Waals surface area (Å²) in [6.45, 7) is 6.49. The Labute approximate surface area is 125 Å². The first-order chi connectivity index (χ1) is 9.84. The lowest BCUT2D eigenvalue weighted by Crippen LogP contribution is -2.36. The van der Waals surface area contributed by atoms with Gasteiger partial charge in [0.2, 0.25) is 0 Å². The van der Waals surface area contributed by atoms with Crippen molar-refractivity contribution in [3.05, 3.63) is 52.6 Å². The fourth-order valence-corrected chi connectivity index (χ4v) is 2.14. The largest absolute Gasteiger partial charge is 0.326 e. The summed E-state index contributed by atoms with van der Waals surface area (Å²) in [5.41, 5.74) is 7.18. The SMILES string of the molecule is CN(c1ccc(CN)cc1)c1nccn(C(C)(C)C)c1=O. The summed E-state index contributed by atoms with van der Waals surface area (Å²) in [4.78, 5) is 18.6. The number of aromatic nitrogens is 2. The van der Waals surface area contributed by atoms with Gasteiger partial charge in [0.25, 0.3) is 5.56 Å². The number of benzene rings is 1. The summed E-state index contributed by atoms with van der Waals surface area (Å²) in [5, 5.41) is 0. The van der Waals surface area contributed by atoms with Gasteiger partial charge in [-0.25, -0.2) is 4.98 Å². The van der Waals surface area contributed by atoms with Gasteiger partial charge >= 0.3 is 0 Å². The van der Waals surface area contributed by atoms with Crippen molar-refractivity contribution in [3.8, 4) is 0 Å². The van der Waals surface area contributed by atoms with Crippen molar-refractivity contribution in [2.45, 2.75) is 32.9 Å². The van der Waals surface area contributed by atoms with Crippen molar-refractivity contribution < 1.29 is 0 Å². The van der Waals surface area contributed by atoms with E-state index in [-0.39, 0.29) is 11.1 Å². The van der Waals surface area contributed by atoms with Crippen LogP contribution in [0.2, 0.25) is 0 Å². The van der Waals surface area contributed by atoms with E-state index in [4.69, 9.17) is 5.73 Å². The van der Waals surface area contributed by atoms with Gasteiger partial charge in [0, 0.05) is 37.2 Å². The van der Waals surface area contributed by atoms with Crippen LogP contribution in [0.25, 0.3) is 0 Å². The Morgan fingerprint density at radius 1 is 1.24 bits per heavy atom. The van der Waals surface area contributed by atoms with Gasteiger partial charge in [0.15, 0.2) is 5.82 Å². The summed E-state index contributed by atoms with van der Waals surface area (Å²) in [7, 11) is 1.84. The molecule has 2 aromatic rings. The van der Waals surface area contributed by atoms with Gasteiger partial charge in [-0.15, -0.1) is 0 Å². The molecule has 1 aromatic carbocycles. The number of nitrogens with zero attached hydrogens (tertiary/aromatic N) is 3. The highest BCUT2D eigenvalue weighted by Crippen LogP contribution is 2.20. The second-order valence-corrected chi connectivity index (χ2v) is 6.03. The zero-order valence-electron chi connectivity index (χ0n) is 13.0. The lowest BCUT2D eigenvalue weighted by atomic mass is 10.1. The molecule has 112 valence electrons. The number of anilines is 2. The van der Waals surface area contributed by atoms with Crippen molar-refractivity contribution in [3.63, 3.8) is 0 Å². The second-order valence-electron chi connectivity index (χ2n) is 6.03. The highest BCUT2D eigenvalue weighted by Gasteiger charge is 2.18. The number of hydrogen-bond acceptors (Lipinski definition) is 4. The number of nitrogens with two attached hydrogens (primary N) is 1. The van der Waals surface area contributed by atoms with Crippen molar-refractivity contribution in [1.82, 2.24) is 9.55 Å². The molecular formula is C16H22N4O. The summed E-state index contributed by atoms with van der Waals surface area (Å²) in [5.74, 6) is 0.410. The number of rotatable bonds is 3. The minimum absolute atomic E-state index is 0.101. The Morgan fingerprint density at radius 2 is 1.86 bits per heavy atom. The van der Waals surface area contributed by atoms with E-state index >= 15 is 0 Å². The summed E-state index contributed by atoms with van der Waals surface area (Å²) < 4.78 is 1.69. The average molecular weight is 286 g/mol. The zero-order valence-corrected chi connectivity index (χ0v) is 13.0. The number of hydrogen-bond donors (Lipinski definition) is 1. The Balaban J connectivity index is 2.43. The fraction of sp³-hybridized carbons (Fsp3) is 0.375. The molecule has 0 aliphatic rings. The summed E-state index contributed by atoms with van der Waals surface area (Å²) in [6.07, 6.45) is 3.38. The maximum absolute atomic E-state index is 12.6. The van der Waals surface area contributed by atoms with E-state index in [2.05, 4.69) is 4.98 Å². The third kappa shape index (κ3) is 3.13. The molecule has 0 aliphatic heterocycles. The smallest absolute Gasteiger partial charge is 0.294 e. The van der Waals surface area contributed by atoms with E-state index in [1.807, 2.05) is 52.1 Å². The van der Waals surface area contributed by atoms with E-state index in [0.717, 1.165) is 11.3 Å². The van der Waals surface area contributed by atoms with Crippen LogP contribution in [0, 0.1) is 0 Å². The molecule has 0 aliphatic carbocycles. The minimum atomic E-state index is -0.279. The van der Waals surface area contributed by atoms with Gasteiger partial charge in [-0.3, -0.25) is 4.79 Å². The first-order valence-corrected chi connectivity index (χ1v) is 6.95. The molecule has 2 rings (SSSR count). The van der Waals surface area contributed by atoms with E-state index < -0.39 is 0 Å². The van der Waals surface area contributed by atoms with E-state index in [9.17, 15) is 4.79 Å². The molecule has 21 heavy (non-hydrogen) atoms. The van der Waals surface area contributed by atoms with Gasteiger partial charge < -0.3 is 15.2 Å².